The van der Waals surface area contributed by atoms with Crippen LogP contribution in [0.2, 0.25) is 0 Å². The maximum Gasteiger partial charge on any atom is 0.125 e. The predicted octanol–water partition coefficient (Wildman–Crippen LogP) is 1.38. The van der Waals surface area contributed by atoms with Crippen molar-refractivity contribution in [3.05, 3.63) is 23.8 Å². The highest BCUT2D eigenvalue weighted by Gasteiger charge is 2.13. The van der Waals surface area contributed by atoms with Crippen LogP contribution in [0.25, 0.3) is 0 Å². The summed E-state index contributed by atoms with van der Waals surface area (Å²) in [5.74, 6) is 1.31. The van der Waals surface area contributed by atoms with Crippen LogP contribution in [0.1, 0.15) is 11.7 Å². The number of benzene rings is 1. The van der Waals surface area contributed by atoms with E-state index in [0.717, 1.165) is 0 Å². The molecule has 1 aromatic rings. The maximum atomic E-state index is 9.79. The van der Waals surface area contributed by atoms with E-state index in [0.29, 0.717) is 17.1 Å². The van der Waals surface area contributed by atoms with Gasteiger partial charge in [-0.05, 0) is 18.2 Å². The fourth-order valence-corrected chi connectivity index (χ4v) is 1.35. The first-order valence-corrected chi connectivity index (χ1v) is 4.61. The Morgan fingerprint density at radius 1 is 1.20 bits per heavy atom. The van der Waals surface area contributed by atoms with E-state index in [9.17, 15) is 5.11 Å². The monoisotopic (exact) mass is 212 g/mol. The zero-order valence-corrected chi connectivity index (χ0v) is 9.19. The molecule has 1 aromatic carbocycles. The van der Waals surface area contributed by atoms with Crippen LogP contribution in [-0.4, -0.2) is 33.0 Å². The third-order valence-electron chi connectivity index (χ3n) is 2.12. The van der Waals surface area contributed by atoms with E-state index < -0.39 is 6.10 Å². The van der Waals surface area contributed by atoms with Crippen molar-refractivity contribution in [1.82, 2.24) is 0 Å². The summed E-state index contributed by atoms with van der Waals surface area (Å²) in [6.07, 6.45) is -0.708. The van der Waals surface area contributed by atoms with E-state index >= 15 is 0 Å². The molecule has 0 radical (unpaired) electrons. The second-order valence-electron chi connectivity index (χ2n) is 3.08. The van der Waals surface area contributed by atoms with E-state index in [4.69, 9.17) is 14.2 Å². The molecule has 0 aliphatic rings. The van der Waals surface area contributed by atoms with Crippen LogP contribution < -0.4 is 9.47 Å². The molecule has 84 valence electrons. The Morgan fingerprint density at radius 2 is 1.93 bits per heavy atom. The number of aliphatic hydroxyl groups excluding tert-OH is 1. The minimum atomic E-state index is -0.708. The number of ether oxygens (including phenoxy) is 3. The molecule has 1 N–H and O–H groups in total. The molecule has 0 heterocycles. The first kappa shape index (κ1) is 11.8. The molecule has 1 atom stereocenters. The molecule has 0 bridgehead atoms. The van der Waals surface area contributed by atoms with Gasteiger partial charge in [-0.2, -0.15) is 0 Å². The van der Waals surface area contributed by atoms with Crippen LogP contribution in [0.5, 0.6) is 11.5 Å². The molecule has 0 aliphatic carbocycles. The van der Waals surface area contributed by atoms with Gasteiger partial charge in [-0.1, -0.05) is 0 Å². The Kier molecular flexibility index (Phi) is 4.39. The zero-order valence-electron chi connectivity index (χ0n) is 9.19. The van der Waals surface area contributed by atoms with Crippen molar-refractivity contribution in [1.29, 1.82) is 0 Å². The van der Waals surface area contributed by atoms with Gasteiger partial charge in [0.1, 0.15) is 17.6 Å². The average molecular weight is 212 g/mol. The Bertz CT molecular complexity index is 311. The van der Waals surface area contributed by atoms with Gasteiger partial charge in [-0.15, -0.1) is 0 Å². The molecule has 0 saturated heterocycles. The summed E-state index contributed by atoms with van der Waals surface area (Å²) in [6, 6.07) is 5.28. The van der Waals surface area contributed by atoms with E-state index in [1.54, 1.807) is 32.4 Å². The van der Waals surface area contributed by atoms with Crippen LogP contribution >= 0.6 is 0 Å². The lowest BCUT2D eigenvalue weighted by atomic mass is 10.1. The summed E-state index contributed by atoms with van der Waals surface area (Å²) in [4.78, 5) is 0. The third kappa shape index (κ3) is 2.84. The van der Waals surface area contributed by atoms with Crippen molar-refractivity contribution in [2.24, 2.45) is 0 Å². The summed E-state index contributed by atoms with van der Waals surface area (Å²) >= 11 is 0. The molecule has 4 nitrogen and oxygen atoms in total. The van der Waals surface area contributed by atoms with E-state index in [2.05, 4.69) is 0 Å². The van der Waals surface area contributed by atoms with Crippen molar-refractivity contribution in [3.8, 4) is 11.5 Å². The van der Waals surface area contributed by atoms with Gasteiger partial charge in [0.15, 0.2) is 0 Å². The van der Waals surface area contributed by atoms with E-state index in [-0.39, 0.29) is 6.61 Å². The second-order valence-corrected chi connectivity index (χ2v) is 3.08. The van der Waals surface area contributed by atoms with Crippen molar-refractivity contribution >= 4 is 0 Å². The fraction of sp³-hybridized carbons (Fsp3) is 0.455. The Labute approximate surface area is 89.4 Å². The Hall–Kier alpha value is -1.26. The highest BCUT2D eigenvalue weighted by molar-refractivity contribution is 5.41. The van der Waals surface area contributed by atoms with Crippen LogP contribution in [-0.2, 0) is 4.74 Å². The van der Waals surface area contributed by atoms with Crippen molar-refractivity contribution in [2.75, 3.05) is 27.9 Å². The number of hydrogen-bond donors (Lipinski definition) is 1. The molecule has 0 saturated carbocycles. The van der Waals surface area contributed by atoms with Crippen LogP contribution in [0.4, 0.5) is 0 Å². The first-order valence-electron chi connectivity index (χ1n) is 4.61. The van der Waals surface area contributed by atoms with Crippen LogP contribution in [0, 0.1) is 0 Å². The number of aliphatic hydroxyl groups is 1. The Balaban J connectivity index is 3.00. The molecule has 0 fully saturated rings. The highest BCUT2D eigenvalue weighted by atomic mass is 16.5. The van der Waals surface area contributed by atoms with Gasteiger partial charge in [0, 0.05) is 12.7 Å². The largest absolute Gasteiger partial charge is 0.497 e. The summed E-state index contributed by atoms with van der Waals surface area (Å²) < 4.78 is 15.1. The van der Waals surface area contributed by atoms with Gasteiger partial charge < -0.3 is 19.3 Å². The molecule has 1 unspecified atom stereocenters. The predicted molar refractivity (Wildman–Crippen MR) is 56.4 cm³/mol. The molecule has 0 amide bonds. The quantitative estimate of drug-likeness (QED) is 0.801. The number of rotatable bonds is 5. The smallest absolute Gasteiger partial charge is 0.125 e. The lowest BCUT2D eigenvalue weighted by molar-refractivity contribution is 0.0626. The summed E-state index contributed by atoms with van der Waals surface area (Å²) in [7, 11) is 4.68. The topological polar surface area (TPSA) is 47.9 Å². The normalized spacial score (nSPS) is 12.3. The van der Waals surface area contributed by atoms with Gasteiger partial charge in [-0.25, -0.2) is 0 Å². The third-order valence-corrected chi connectivity index (χ3v) is 2.12. The van der Waals surface area contributed by atoms with Gasteiger partial charge in [0.2, 0.25) is 0 Å². The molecule has 0 aromatic heterocycles. The van der Waals surface area contributed by atoms with Gasteiger partial charge >= 0.3 is 0 Å². The number of methoxy groups -OCH3 is 3. The molecule has 0 aliphatic heterocycles. The maximum absolute atomic E-state index is 9.79. The highest BCUT2D eigenvalue weighted by Crippen LogP contribution is 2.29. The van der Waals surface area contributed by atoms with Gasteiger partial charge in [0.05, 0.1) is 20.8 Å². The lowest BCUT2D eigenvalue weighted by Crippen LogP contribution is -2.07. The average Bonchev–Trinajstić information content (AvgIpc) is 2.28. The summed E-state index contributed by atoms with van der Waals surface area (Å²) in [6.45, 7) is 0.226. The van der Waals surface area contributed by atoms with Crippen LogP contribution in [0.3, 0.4) is 0 Å². The summed E-state index contributed by atoms with van der Waals surface area (Å²) in [5, 5.41) is 9.79. The molecule has 1 rings (SSSR count). The zero-order chi connectivity index (χ0) is 11.3. The van der Waals surface area contributed by atoms with Crippen LogP contribution in [0.15, 0.2) is 18.2 Å². The van der Waals surface area contributed by atoms with Crippen molar-refractivity contribution in [2.45, 2.75) is 6.10 Å². The summed E-state index contributed by atoms with van der Waals surface area (Å²) in [5.41, 5.74) is 0.665. The van der Waals surface area contributed by atoms with Gasteiger partial charge in [-0.3, -0.25) is 0 Å². The van der Waals surface area contributed by atoms with Crippen molar-refractivity contribution < 1.29 is 19.3 Å². The van der Waals surface area contributed by atoms with E-state index in [1.807, 2.05) is 0 Å². The second kappa shape index (κ2) is 5.58. The molecule has 15 heavy (non-hydrogen) atoms. The SMILES string of the molecule is COCC(O)c1cc(OC)ccc1OC. The van der Waals surface area contributed by atoms with Gasteiger partial charge in [0.25, 0.3) is 0 Å². The molecule has 0 spiro atoms. The Morgan fingerprint density at radius 3 is 2.47 bits per heavy atom. The van der Waals surface area contributed by atoms with E-state index in [1.165, 1.54) is 7.11 Å². The molecule has 4 heteroatoms. The number of hydrogen-bond acceptors (Lipinski definition) is 4. The minimum absolute atomic E-state index is 0.226. The first-order chi connectivity index (χ1) is 7.22. The van der Waals surface area contributed by atoms with Crippen molar-refractivity contribution in [3.63, 3.8) is 0 Å². The molecular formula is C11H16O4. The minimum Gasteiger partial charge on any atom is -0.497 e. The molecular weight excluding hydrogens is 196 g/mol. The lowest BCUT2D eigenvalue weighted by Gasteiger charge is -2.15. The fourth-order valence-electron chi connectivity index (χ4n) is 1.35. The standard InChI is InChI=1S/C11H16O4/c1-13-7-10(12)9-6-8(14-2)4-5-11(9)15-3/h4-6,10,12H,7H2,1-3H3.